The summed E-state index contributed by atoms with van der Waals surface area (Å²) in [6, 6.07) is 12.6. The Morgan fingerprint density at radius 1 is 1.25 bits per heavy atom. The van der Waals surface area contributed by atoms with E-state index < -0.39 is 0 Å². The van der Waals surface area contributed by atoms with E-state index in [4.69, 9.17) is 5.26 Å². The topological polar surface area (TPSA) is 23.8 Å². The molecule has 1 aromatic carbocycles. The maximum atomic E-state index is 8.76. The fraction of sp³-hybridized carbons (Fsp3) is 0.364. The number of benzene rings is 1. The highest BCUT2D eigenvalue weighted by atomic mass is 14.5. The van der Waals surface area contributed by atoms with Crippen LogP contribution in [0.1, 0.15) is 18.4 Å². The van der Waals surface area contributed by atoms with Crippen LogP contribution in [0.15, 0.2) is 30.3 Å². The molecule has 60 valence electrons. The average molecular weight is 157 g/mol. The molecule has 1 aromatic rings. The van der Waals surface area contributed by atoms with Gasteiger partial charge in [-0.25, -0.2) is 0 Å². The molecule has 0 radical (unpaired) electrons. The van der Waals surface area contributed by atoms with Gasteiger partial charge in [-0.05, 0) is 11.5 Å². The van der Waals surface area contributed by atoms with Crippen LogP contribution in [0.25, 0.3) is 0 Å². The van der Waals surface area contributed by atoms with E-state index in [1.54, 1.807) is 0 Å². The van der Waals surface area contributed by atoms with Crippen molar-refractivity contribution in [2.24, 2.45) is 11.8 Å². The zero-order valence-corrected chi connectivity index (χ0v) is 7.07. The monoisotopic (exact) mass is 157 g/mol. The highest BCUT2D eigenvalue weighted by molar-refractivity contribution is 5.31. The third-order valence-corrected chi connectivity index (χ3v) is 2.71. The van der Waals surface area contributed by atoms with Crippen LogP contribution in [-0.4, -0.2) is 0 Å². The summed E-state index contributed by atoms with van der Waals surface area (Å²) in [5.74, 6) is 1.31. The van der Waals surface area contributed by atoms with Crippen LogP contribution in [-0.2, 0) is 0 Å². The summed E-state index contributed by atoms with van der Waals surface area (Å²) in [7, 11) is 0. The molecule has 3 atom stereocenters. The fourth-order valence-corrected chi connectivity index (χ4v) is 1.85. The molecule has 2 rings (SSSR count). The van der Waals surface area contributed by atoms with Crippen molar-refractivity contribution in [3.05, 3.63) is 35.9 Å². The molecule has 0 aromatic heterocycles. The average Bonchev–Trinajstić information content (AvgIpc) is 2.78. The summed E-state index contributed by atoms with van der Waals surface area (Å²) in [6.07, 6.45) is 0. The van der Waals surface area contributed by atoms with E-state index in [1.165, 1.54) is 5.56 Å². The van der Waals surface area contributed by atoms with Gasteiger partial charge in [0.25, 0.3) is 0 Å². The van der Waals surface area contributed by atoms with E-state index in [2.05, 4.69) is 25.1 Å². The summed E-state index contributed by atoms with van der Waals surface area (Å²) in [4.78, 5) is 0. The molecule has 1 aliphatic rings. The predicted molar refractivity (Wildman–Crippen MR) is 47.5 cm³/mol. The van der Waals surface area contributed by atoms with Crippen molar-refractivity contribution in [3.63, 3.8) is 0 Å². The number of hydrogen-bond donors (Lipinski definition) is 0. The van der Waals surface area contributed by atoms with Crippen molar-refractivity contribution in [3.8, 4) is 6.07 Å². The molecule has 0 aliphatic heterocycles. The van der Waals surface area contributed by atoms with E-state index in [1.807, 2.05) is 18.2 Å². The lowest BCUT2D eigenvalue weighted by Gasteiger charge is -1.94. The minimum Gasteiger partial charge on any atom is -0.198 e. The van der Waals surface area contributed by atoms with Crippen molar-refractivity contribution in [1.82, 2.24) is 0 Å². The standard InChI is InChI=1S/C11H11N/c1-8-10(7-12)11(8)9-5-3-2-4-6-9/h2-6,8,10-11H,1H3/t8-,10+,11-/m0/s1. The number of hydrogen-bond acceptors (Lipinski definition) is 1. The second-order valence-electron chi connectivity index (χ2n) is 3.45. The van der Waals surface area contributed by atoms with Gasteiger partial charge in [0.2, 0.25) is 0 Å². The lowest BCUT2D eigenvalue weighted by molar-refractivity contribution is 0.892. The lowest BCUT2D eigenvalue weighted by Crippen LogP contribution is -1.79. The van der Waals surface area contributed by atoms with Crippen molar-refractivity contribution in [1.29, 1.82) is 5.26 Å². The molecule has 0 saturated heterocycles. The number of rotatable bonds is 1. The maximum absolute atomic E-state index is 8.76. The van der Waals surface area contributed by atoms with Gasteiger partial charge in [-0.3, -0.25) is 0 Å². The highest BCUT2D eigenvalue weighted by Gasteiger charge is 2.47. The summed E-state index contributed by atoms with van der Waals surface area (Å²) >= 11 is 0. The molecule has 1 heteroatoms. The molecular formula is C11H11N. The summed E-state index contributed by atoms with van der Waals surface area (Å²) in [6.45, 7) is 2.14. The van der Waals surface area contributed by atoms with Crippen LogP contribution in [0.5, 0.6) is 0 Å². The Bertz CT molecular complexity index is 310. The van der Waals surface area contributed by atoms with Crippen LogP contribution in [0.3, 0.4) is 0 Å². The van der Waals surface area contributed by atoms with Gasteiger partial charge < -0.3 is 0 Å². The van der Waals surface area contributed by atoms with Crippen LogP contribution in [0.4, 0.5) is 0 Å². The minimum atomic E-state index is 0.257. The molecule has 1 saturated carbocycles. The van der Waals surface area contributed by atoms with Gasteiger partial charge >= 0.3 is 0 Å². The van der Waals surface area contributed by atoms with Crippen LogP contribution in [0.2, 0.25) is 0 Å². The van der Waals surface area contributed by atoms with Crippen molar-refractivity contribution in [2.75, 3.05) is 0 Å². The zero-order chi connectivity index (χ0) is 8.55. The van der Waals surface area contributed by atoms with Gasteiger partial charge in [0.15, 0.2) is 0 Å². The zero-order valence-electron chi connectivity index (χ0n) is 7.07. The van der Waals surface area contributed by atoms with Crippen LogP contribution in [0, 0.1) is 23.2 Å². The van der Waals surface area contributed by atoms with E-state index in [0.717, 1.165) is 0 Å². The Morgan fingerprint density at radius 2 is 1.92 bits per heavy atom. The van der Waals surface area contributed by atoms with E-state index in [0.29, 0.717) is 11.8 Å². The quantitative estimate of drug-likeness (QED) is 0.614. The lowest BCUT2D eigenvalue weighted by atomic mass is 10.1. The van der Waals surface area contributed by atoms with Gasteiger partial charge in [0.1, 0.15) is 0 Å². The molecule has 0 spiro atoms. The van der Waals surface area contributed by atoms with Crippen molar-refractivity contribution < 1.29 is 0 Å². The maximum Gasteiger partial charge on any atom is 0.0665 e. The van der Waals surface area contributed by atoms with Gasteiger partial charge in [0, 0.05) is 5.92 Å². The number of nitrogens with zero attached hydrogens (tertiary/aromatic N) is 1. The Kier molecular flexibility index (Phi) is 1.62. The molecule has 1 aliphatic carbocycles. The Balaban J connectivity index is 2.21. The van der Waals surface area contributed by atoms with Crippen LogP contribution < -0.4 is 0 Å². The molecule has 0 unspecified atom stereocenters. The molecule has 0 N–H and O–H groups in total. The highest BCUT2D eigenvalue weighted by Crippen LogP contribution is 2.52. The molecule has 12 heavy (non-hydrogen) atoms. The van der Waals surface area contributed by atoms with E-state index in [-0.39, 0.29) is 5.92 Å². The largest absolute Gasteiger partial charge is 0.198 e. The molecule has 0 bridgehead atoms. The first-order valence-electron chi connectivity index (χ1n) is 4.29. The Labute approximate surface area is 72.6 Å². The van der Waals surface area contributed by atoms with Crippen molar-refractivity contribution >= 4 is 0 Å². The number of nitriles is 1. The van der Waals surface area contributed by atoms with Gasteiger partial charge in [0.05, 0.1) is 12.0 Å². The van der Waals surface area contributed by atoms with Crippen LogP contribution >= 0.6 is 0 Å². The fourth-order valence-electron chi connectivity index (χ4n) is 1.85. The molecule has 0 amide bonds. The third-order valence-electron chi connectivity index (χ3n) is 2.71. The first-order chi connectivity index (χ1) is 5.84. The Hall–Kier alpha value is -1.29. The van der Waals surface area contributed by atoms with Gasteiger partial charge in [-0.15, -0.1) is 0 Å². The normalized spacial score (nSPS) is 32.5. The SMILES string of the molecule is C[C@H]1[C@@H](C#N)[C@@H]1c1ccccc1. The summed E-state index contributed by atoms with van der Waals surface area (Å²) < 4.78 is 0. The first kappa shape index (κ1) is 7.36. The second kappa shape index (κ2) is 2.64. The van der Waals surface area contributed by atoms with E-state index in [9.17, 15) is 0 Å². The summed E-state index contributed by atoms with van der Waals surface area (Å²) in [5, 5.41) is 8.76. The minimum absolute atomic E-state index is 0.257. The second-order valence-corrected chi connectivity index (χ2v) is 3.45. The van der Waals surface area contributed by atoms with Gasteiger partial charge in [-0.2, -0.15) is 5.26 Å². The first-order valence-corrected chi connectivity index (χ1v) is 4.29. The molecular weight excluding hydrogens is 146 g/mol. The molecule has 1 fully saturated rings. The van der Waals surface area contributed by atoms with E-state index >= 15 is 0 Å². The predicted octanol–water partition coefficient (Wildman–Crippen LogP) is 2.56. The smallest absolute Gasteiger partial charge is 0.0665 e. The Morgan fingerprint density at radius 3 is 2.42 bits per heavy atom. The molecule has 0 heterocycles. The molecule has 1 nitrogen and oxygen atoms in total. The van der Waals surface area contributed by atoms with Crippen molar-refractivity contribution in [2.45, 2.75) is 12.8 Å². The van der Waals surface area contributed by atoms with Gasteiger partial charge in [-0.1, -0.05) is 37.3 Å². The third kappa shape index (κ3) is 1.00. The summed E-state index contributed by atoms with van der Waals surface area (Å²) in [5.41, 5.74) is 1.32.